The summed E-state index contributed by atoms with van der Waals surface area (Å²) in [6, 6.07) is 11.7. The summed E-state index contributed by atoms with van der Waals surface area (Å²) in [7, 11) is 0. The predicted molar refractivity (Wildman–Crippen MR) is 273 cm³/mol. The van der Waals surface area contributed by atoms with Crippen LogP contribution in [-0.4, -0.2) is 93.8 Å². The number of aliphatic hydroxyl groups is 1. The van der Waals surface area contributed by atoms with Crippen LogP contribution in [0.3, 0.4) is 0 Å². The molecule has 3 rings (SSSR count). The van der Waals surface area contributed by atoms with Gasteiger partial charge >= 0.3 is 5.97 Å². The molecular formula is C54H83N7O10. The molecule has 0 aromatic heterocycles. The van der Waals surface area contributed by atoms with Gasteiger partial charge in [-0.05, 0) is 61.1 Å². The Labute approximate surface area is 420 Å². The maximum absolute atomic E-state index is 13.5. The summed E-state index contributed by atoms with van der Waals surface area (Å²) in [6.45, 7) is 5.17. The predicted octanol–water partition coefficient (Wildman–Crippen LogP) is 5.62. The third-order valence-corrected chi connectivity index (χ3v) is 13.1. The summed E-state index contributed by atoms with van der Waals surface area (Å²) in [5.74, 6) is -5.24. The van der Waals surface area contributed by atoms with E-state index in [1.54, 1.807) is 0 Å². The fraction of sp³-hybridized carbons (Fsp3) is 0.630. The van der Waals surface area contributed by atoms with Crippen molar-refractivity contribution in [1.29, 1.82) is 0 Å². The zero-order valence-corrected chi connectivity index (χ0v) is 42.4. The van der Waals surface area contributed by atoms with Crippen LogP contribution in [0.25, 0.3) is 11.1 Å². The summed E-state index contributed by atoms with van der Waals surface area (Å²) in [5, 5.41) is 33.3. The summed E-state index contributed by atoms with van der Waals surface area (Å²) in [5.41, 5.74) is 13.9. The number of rotatable bonds is 35. The molecular weight excluding hydrogens is 907 g/mol. The second-order valence-corrected chi connectivity index (χ2v) is 19.9. The Morgan fingerprint density at radius 3 is 1.54 bits per heavy atom. The van der Waals surface area contributed by atoms with E-state index in [0.29, 0.717) is 19.3 Å². The van der Waals surface area contributed by atoms with E-state index in [1.807, 2.05) is 68.4 Å². The highest BCUT2D eigenvalue weighted by molar-refractivity contribution is 5.95. The summed E-state index contributed by atoms with van der Waals surface area (Å²) < 4.78 is 0. The van der Waals surface area contributed by atoms with Crippen molar-refractivity contribution in [2.75, 3.05) is 0 Å². The number of aliphatic hydroxyl groups excluding tert-OH is 1. The van der Waals surface area contributed by atoms with Crippen molar-refractivity contribution in [3.63, 3.8) is 0 Å². The second kappa shape index (κ2) is 32.9. The van der Waals surface area contributed by atoms with E-state index >= 15 is 0 Å². The van der Waals surface area contributed by atoms with Gasteiger partial charge in [0.25, 0.3) is 0 Å². The molecule has 1 aliphatic carbocycles. The van der Waals surface area contributed by atoms with Crippen molar-refractivity contribution in [2.24, 2.45) is 23.3 Å². The molecule has 1 aliphatic rings. The first-order chi connectivity index (χ1) is 33.9. The van der Waals surface area contributed by atoms with Crippen LogP contribution in [0.2, 0.25) is 0 Å². The number of hydrogen-bond donors (Lipinski definition) is 9. The van der Waals surface area contributed by atoms with Gasteiger partial charge in [0, 0.05) is 19.3 Å². The molecule has 17 heteroatoms. The summed E-state index contributed by atoms with van der Waals surface area (Å²) in [6.07, 6.45) is 15.6. The van der Waals surface area contributed by atoms with E-state index in [1.165, 1.54) is 6.92 Å². The van der Waals surface area contributed by atoms with Gasteiger partial charge in [-0.2, -0.15) is 0 Å². The molecule has 394 valence electrons. The fourth-order valence-corrected chi connectivity index (χ4v) is 9.08. The zero-order valence-electron chi connectivity index (χ0n) is 42.4. The summed E-state index contributed by atoms with van der Waals surface area (Å²) >= 11 is 0. The Balaban J connectivity index is 1.28. The van der Waals surface area contributed by atoms with Crippen LogP contribution in [-0.2, 0) is 44.8 Å². The van der Waals surface area contributed by atoms with Crippen LogP contribution in [0.1, 0.15) is 168 Å². The lowest BCUT2D eigenvalue weighted by Gasteiger charge is -2.27. The molecule has 2 aromatic rings. The number of amides is 7. The van der Waals surface area contributed by atoms with Crippen LogP contribution in [0.5, 0.6) is 0 Å². The molecule has 1 fully saturated rings. The minimum absolute atomic E-state index is 0.0187. The summed E-state index contributed by atoms with van der Waals surface area (Å²) in [4.78, 5) is 102. The van der Waals surface area contributed by atoms with Crippen molar-refractivity contribution >= 4 is 47.3 Å². The van der Waals surface area contributed by atoms with Crippen molar-refractivity contribution in [1.82, 2.24) is 26.6 Å². The van der Waals surface area contributed by atoms with Crippen molar-refractivity contribution in [3.8, 4) is 11.1 Å². The van der Waals surface area contributed by atoms with Crippen molar-refractivity contribution in [2.45, 2.75) is 205 Å². The van der Waals surface area contributed by atoms with Crippen LogP contribution in [0.15, 0.2) is 54.6 Å². The smallest absolute Gasteiger partial charge is 0.326 e. The molecule has 1 unspecified atom stereocenters. The van der Waals surface area contributed by atoms with Gasteiger partial charge in [0.1, 0.15) is 30.2 Å². The maximum Gasteiger partial charge on any atom is 0.326 e. The van der Waals surface area contributed by atoms with Gasteiger partial charge < -0.3 is 48.3 Å². The van der Waals surface area contributed by atoms with Gasteiger partial charge in [0.15, 0.2) is 0 Å². The first kappa shape index (κ1) is 59.5. The van der Waals surface area contributed by atoms with Gasteiger partial charge in [0.2, 0.25) is 41.4 Å². The topological polar surface area (TPSA) is 289 Å². The standard InChI is InChI=1S/C54H83N7O10/c1-36(2)32-43(51(67)58-42(50(56)66)33-39-28-30-41(31-29-39)40-24-18-15-19-25-40)59-53(69)49(37(3)62)61-48(65)27-21-13-11-9-7-5-4-6-8-10-12-20-26-47(64)57-44(35-46(55)63)52(68)60-45(54(70)71)34-38-22-16-14-17-23-38/h15,18-19,24-25,28-31,36-38,42-45,49,62H,4-14,16-17,20-23,26-27,32-35H2,1-3H3,(H2,55,63)(H2,56,66)(H,57,64)(H,58,67)(H,59,69)(H,60,68)(H,61,65)(H,70,71)/t37?,42-,43-,44-,45-,49-/m0/s1. The number of carboxylic acid groups (broad SMARTS) is 1. The molecule has 71 heavy (non-hydrogen) atoms. The third kappa shape index (κ3) is 24.2. The van der Waals surface area contributed by atoms with Crippen molar-refractivity contribution in [3.05, 3.63) is 60.2 Å². The molecule has 2 aromatic carbocycles. The Kier molecular flexibility index (Phi) is 27.6. The Bertz CT molecular complexity index is 1970. The number of nitrogens with one attached hydrogen (secondary N) is 5. The lowest BCUT2D eigenvalue weighted by molar-refractivity contribution is -0.143. The fourth-order valence-electron chi connectivity index (χ4n) is 9.08. The number of hydrogen-bond acceptors (Lipinski definition) is 9. The highest BCUT2D eigenvalue weighted by Crippen LogP contribution is 2.27. The van der Waals surface area contributed by atoms with E-state index < -0.39 is 78.2 Å². The Hall–Kier alpha value is -5.84. The van der Waals surface area contributed by atoms with Gasteiger partial charge in [-0.25, -0.2) is 4.79 Å². The minimum Gasteiger partial charge on any atom is -0.480 e. The average Bonchev–Trinajstić information content (AvgIpc) is 3.32. The number of carboxylic acids is 1. The second-order valence-electron chi connectivity index (χ2n) is 19.9. The molecule has 0 radical (unpaired) electrons. The molecule has 0 heterocycles. The molecule has 0 saturated heterocycles. The molecule has 0 bridgehead atoms. The van der Waals surface area contributed by atoms with E-state index in [-0.39, 0.29) is 49.3 Å². The number of nitrogens with two attached hydrogens (primary N) is 2. The number of primary amides is 2. The minimum atomic E-state index is -1.29. The van der Waals surface area contributed by atoms with Gasteiger partial charge in [-0.3, -0.25) is 33.6 Å². The third-order valence-electron chi connectivity index (χ3n) is 13.1. The molecule has 17 nitrogen and oxygen atoms in total. The average molecular weight is 990 g/mol. The Morgan fingerprint density at radius 2 is 1.04 bits per heavy atom. The van der Waals surface area contributed by atoms with Crippen LogP contribution < -0.4 is 38.1 Å². The maximum atomic E-state index is 13.5. The van der Waals surface area contributed by atoms with Gasteiger partial charge in [0.05, 0.1) is 12.5 Å². The zero-order chi connectivity index (χ0) is 52.1. The lowest BCUT2D eigenvalue weighted by Crippen LogP contribution is -2.59. The highest BCUT2D eigenvalue weighted by atomic mass is 16.4. The first-order valence-electron chi connectivity index (χ1n) is 26.1. The molecule has 0 spiro atoms. The van der Waals surface area contributed by atoms with Crippen LogP contribution in [0, 0.1) is 11.8 Å². The van der Waals surface area contributed by atoms with E-state index in [0.717, 1.165) is 113 Å². The van der Waals surface area contributed by atoms with Crippen molar-refractivity contribution < 1.29 is 48.6 Å². The molecule has 1 saturated carbocycles. The normalized spacial score (nSPS) is 15.3. The molecule has 6 atom stereocenters. The Morgan fingerprint density at radius 1 is 0.563 bits per heavy atom. The molecule has 7 amide bonds. The van der Waals surface area contributed by atoms with Crippen LogP contribution >= 0.6 is 0 Å². The van der Waals surface area contributed by atoms with E-state index in [4.69, 9.17) is 11.5 Å². The molecule has 11 N–H and O–H groups in total. The quantitative estimate of drug-likeness (QED) is 0.0384. The lowest BCUT2D eigenvalue weighted by atomic mass is 9.85. The largest absolute Gasteiger partial charge is 0.480 e. The van der Waals surface area contributed by atoms with E-state index in [2.05, 4.69) is 26.6 Å². The molecule has 0 aliphatic heterocycles. The SMILES string of the molecule is CC(C)C[C@H](NC(=O)[C@@H](NC(=O)CCCCCCCCCCCCCCC(=O)N[C@@H](CC(N)=O)C(=O)N[C@@H](CC1CCCCC1)C(=O)O)C(C)O)C(=O)N[C@@H](Cc1ccc(-c2ccccc2)cc1)C(N)=O. The number of benzene rings is 2. The number of carbonyl (C=O) groups is 8. The number of aliphatic carboxylic acids is 1. The van der Waals surface area contributed by atoms with E-state index in [9.17, 15) is 48.6 Å². The number of unbranched alkanes of at least 4 members (excludes halogenated alkanes) is 11. The van der Waals surface area contributed by atoms with Crippen LogP contribution in [0.4, 0.5) is 0 Å². The van der Waals surface area contributed by atoms with Gasteiger partial charge in [-0.1, -0.05) is 165 Å². The highest BCUT2D eigenvalue weighted by Gasteiger charge is 2.33. The number of carbonyl (C=O) groups excluding carboxylic acids is 7. The monoisotopic (exact) mass is 990 g/mol. The van der Waals surface area contributed by atoms with Gasteiger partial charge in [-0.15, -0.1) is 0 Å². The first-order valence-corrected chi connectivity index (χ1v) is 26.1.